The highest BCUT2D eigenvalue weighted by molar-refractivity contribution is 7.93. The van der Waals surface area contributed by atoms with Crippen molar-refractivity contribution in [1.29, 1.82) is 0 Å². The first-order chi connectivity index (χ1) is 34.6. The Hall–Kier alpha value is -6.89. The van der Waals surface area contributed by atoms with Gasteiger partial charge in [-0.15, -0.1) is 15.3 Å². The summed E-state index contributed by atoms with van der Waals surface area (Å²) >= 11 is 0. The number of sulfone groups is 2. The third kappa shape index (κ3) is 15.8. The van der Waals surface area contributed by atoms with Gasteiger partial charge in [0.05, 0.1) is 45.0 Å². The topological polar surface area (TPSA) is 494 Å². The van der Waals surface area contributed by atoms with E-state index in [2.05, 4.69) is 55.5 Å². The highest BCUT2D eigenvalue weighted by Crippen LogP contribution is 2.47. The molecule has 31 nitrogen and oxygen atoms in total. The van der Waals surface area contributed by atoms with Gasteiger partial charge in [0.2, 0.25) is 11.9 Å². The van der Waals surface area contributed by atoms with Crippen molar-refractivity contribution >= 4 is 133 Å². The second-order valence-corrected chi connectivity index (χ2v) is 25.9. The monoisotopic (exact) mass is 1180 g/mol. The van der Waals surface area contributed by atoms with Crippen LogP contribution in [0.5, 0.6) is 5.75 Å². The molecule has 0 unspecified atom stereocenters. The van der Waals surface area contributed by atoms with E-state index in [0.29, 0.717) is 6.07 Å². The Kier molecular flexibility index (Phi) is 16.6. The van der Waals surface area contributed by atoms with E-state index >= 15 is 0 Å². The van der Waals surface area contributed by atoms with Crippen LogP contribution in [-0.2, 0) is 74.7 Å². The van der Waals surface area contributed by atoms with Crippen molar-refractivity contribution in [1.82, 2.24) is 15.0 Å². The SMILES string of the molecule is O=S(=O)(O)CCS(=O)(=O)c1ccc(N=Nc2c(NCS(=O)(=O)O)ccc3c(O)c(N=Nc4cc(Nc5nc(F)nc(Nc6ccc(S(=O)(=O)CCOS(=O)(=O)O)cc6)n5)ccc4S(=O)(=O)O)c(S(=O)(=O)O)cc23)cc1. The van der Waals surface area contributed by atoms with Gasteiger partial charge >= 0.3 is 16.5 Å². The fraction of sp³-hybridized carbons (Fsp3) is 0.139. The molecule has 0 saturated carbocycles. The standard InChI is InChI=1S/C36H33FN10O21S7/c37-34-41-35(39-20-1-6-23(7-2-20)69(49,50)14-13-68-75(65,66)67)43-36(42-34)40-22-5-12-29(73(59,60)61)28(17-22)45-47-32-30(74(62,63)64)18-26-25(33(32)48)10-11-27(38-19-72(56,57)58)31(26)46-44-21-3-8-24(9-4-21)70(51,52)15-16-71(53,54)55/h1-12,17-18,38,48H,13-16,19H2,(H,53,54,55)(H,56,57,58)(H,59,60,61)(H,62,63,64)(H,65,66,67)(H2,39,40,41,42,43). The molecule has 0 aliphatic rings. The van der Waals surface area contributed by atoms with Crippen LogP contribution in [0, 0.1) is 6.08 Å². The van der Waals surface area contributed by atoms with Gasteiger partial charge in [0.15, 0.2) is 25.4 Å². The van der Waals surface area contributed by atoms with Crippen LogP contribution in [-0.4, -0.2) is 131 Å². The number of nitrogens with one attached hydrogen (secondary N) is 3. The molecule has 0 radical (unpaired) electrons. The number of rotatable bonds is 22. The maximum absolute atomic E-state index is 14.7. The van der Waals surface area contributed by atoms with Crippen molar-refractivity contribution in [3.8, 4) is 5.75 Å². The molecule has 0 saturated heterocycles. The van der Waals surface area contributed by atoms with Gasteiger partial charge in [-0.05, 0) is 84.9 Å². The summed E-state index contributed by atoms with van der Waals surface area (Å²) in [5, 5.41) is 33.3. The fourth-order valence-corrected chi connectivity index (χ4v) is 11.7. The van der Waals surface area contributed by atoms with Crippen LogP contribution in [0.25, 0.3) is 10.8 Å². The van der Waals surface area contributed by atoms with Gasteiger partial charge in [-0.3, -0.25) is 22.8 Å². The number of aromatic nitrogens is 3. The van der Waals surface area contributed by atoms with Crippen molar-refractivity contribution in [2.24, 2.45) is 20.5 Å². The molecule has 0 spiro atoms. The zero-order valence-electron chi connectivity index (χ0n) is 36.8. The lowest BCUT2D eigenvalue weighted by Crippen LogP contribution is -2.16. The van der Waals surface area contributed by atoms with Crippen molar-refractivity contribution in [2.45, 2.75) is 19.6 Å². The smallest absolute Gasteiger partial charge is 0.397 e. The minimum absolute atomic E-state index is 0.0787. The zero-order chi connectivity index (χ0) is 55.5. The number of halogens is 1. The quantitative estimate of drug-likeness (QED) is 0.0340. The van der Waals surface area contributed by atoms with Crippen LogP contribution >= 0.6 is 0 Å². The third-order valence-corrected chi connectivity index (χ3v) is 16.6. The molecule has 0 fully saturated rings. The van der Waals surface area contributed by atoms with E-state index in [9.17, 15) is 82.1 Å². The molecular weight excluding hydrogens is 1150 g/mol. The Balaban J connectivity index is 1.35. The molecule has 0 amide bonds. The lowest BCUT2D eigenvalue weighted by molar-refractivity contribution is 0.284. The van der Waals surface area contributed by atoms with Crippen LogP contribution in [0.4, 0.5) is 56.1 Å². The highest BCUT2D eigenvalue weighted by atomic mass is 32.3. The first-order valence-electron chi connectivity index (χ1n) is 19.7. The molecule has 39 heteroatoms. The first-order valence-corrected chi connectivity index (χ1v) is 30.5. The molecule has 0 aliphatic heterocycles. The first kappa shape index (κ1) is 57.4. The predicted octanol–water partition coefficient (Wildman–Crippen LogP) is 4.19. The number of hydrogen-bond acceptors (Lipinski definition) is 26. The fourth-order valence-electron chi connectivity index (χ4n) is 6.11. The van der Waals surface area contributed by atoms with Gasteiger partial charge in [0.25, 0.3) is 40.5 Å². The van der Waals surface area contributed by atoms with E-state index in [0.717, 1.165) is 66.7 Å². The Labute approximate surface area is 423 Å². The van der Waals surface area contributed by atoms with Gasteiger partial charge in [-0.2, -0.15) is 66.5 Å². The number of phenols is 1. The van der Waals surface area contributed by atoms with Crippen LogP contribution in [0.1, 0.15) is 0 Å². The number of phenolic OH excluding ortho intramolecular Hbond substituents is 1. The Morgan fingerprint density at radius 3 is 1.64 bits per heavy atom. The molecule has 75 heavy (non-hydrogen) atoms. The minimum atomic E-state index is -5.51. The summed E-state index contributed by atoms with van der Waals surface area (Å²) in [6.07, 6.45) is -1.40. The number of hydrogen-bond donors (Lipinski definition) is 9. The van der Waals surface area contributed by atoms with E-state index in [-0.39, 0.29) is 33.0 Å². The zero-order valence-corrected chi connectivity index (χ0v) is 42.5. The number of aromatic hydroxyl groups is 1. The Morgan fingerprint density at radius 2 is 1.08 bits per heavy atom. The van der Waals surface area contributed by atoms with Crippen LogP contribution < -0.4 is 16.0 Å². The van der Waals surface area contributed by atoms with Crippen LogP contribution in [0.2, 0.25) is 0 Å². The normalized spacial score (nSPS) is 13.1. The van der Waals surface area contributed by atoms with Crippen LogP contribution in [0.3, 0.4) is 0 Å². The second-order valence-electron chi connectivity index (χ2n) is 14.8. The average Bonchev–Trinajstić information content (AvgIpc) is 3.27. The molecule has 0 bridgehead atoms. The van der Waals surface area contributed by atoms with Gasteiger partial charge in [-0.1, -0.05) is 0 Å². The summed E-state index contributed by atoms with van der Waals surface area (Å²) in [4.78, 5) is 7.97. The predicted molar refractivity (Wildman–Crippen MR) is 257 cm³/mol. The lowest BCUT2D eigenvalue weighted by atomic mass is 10.1. The van der Waals surface area contributed by atoms with E-state index in [1.54, 1.807) is 0 Å². The molecule has 1 aromatic heterocycles. The number of anilines is 5. The van der Waals surface area contributed by atoms with Gasteiger partial charge in [-0.25, -0.2) is 21.0 Å². The highest BCUT2D eigenvalue weighted by Gasteiger charge is 2.26. The molecule has 6 rings (SSSR count). The van der Waals surface area contributed by atoms with E-state index in [1.165, 1.54) is 12.1 Å². The summed E-state index contributed by atoms with van der Waals surface area (Å²) in [7, 11) is -33.4. The summed E-state index contributed by atoms with van der Waals surface area (Å²) in [6, 6.07) is 14.0. The molecule has 1 heterocycles. The maximum Gasteiger partial charge on any atom is 0.397 e. The third-order valence-electron chi connectivity index (χ3n) is 9.41. The average molecular weight is 1190 g/mol. The number of fused-ring (bicyclic) bond motifs is 1. The van der Waals surface area contributed by atoms with E-state index in [1.807, 2.05) is 0 Å². The molecule has 5 aromatic carbocycles. The number of benzene rings is 5. The maximum atomic E-state index is 14.7. The molecule has 9 N–H and O–H groups in total. The minimum Gasteiger partial charge on any atom is -0.505 e. The summed E-state index contributed by atoms with van der Waals surface area (Å²) in [5.41, 5.74) is -3.00. The van der Waals surface area contributed by atoms with Gasteiger partial charge < -0.3 is 21.1 Å². The summed E-state index contributed by atoms with van der Waals surface area (Å²) in [5.74, 6) is -6.31. The van der Waals surface area contributed by atoms with E-state index < -0.39 is 161 Å². The van der Waals surface area contributed by atoms with Crippen molar-refractivity contribution in [2.75, 3.05) is 45.7 Å². The summed E-state index contributed by atoms with van der Waals surface area (Å²) in [6.45, 7) is -0.895. The van der Waals surface area contributed by atoms with Gasteiger partial charge in [0, 0.05) is 22.1 Å². The molecule has 0 atom stereocenters. The van der Waals surface area contributed by atoms with Gasteiger partial charge in [0.1, 0.15) is 32.7 Å². The molecular formula is C36H33FN10O21S7. The van der Waals surface area contributed by atoms with Crippen LogP contribution in [0.15, 0.2) is 125 Å². The van der Waals surface area contributed by atoms with E-state index in [4.69, 9.17) is 9.11 Å². The Bertz CT molecular complexity index is 4120. The second kappa shape index (κ2) is 21.8. The number of azo groups is 2. The number of nitrogens with zero attached hydrogens (tertiary/aromatic N) is 7. The largest absolute Gasteiger partial charge is 0.505 e. The van der Waals surface area contributed by atoms with Crippen molar-refractivity contribution < 1.29 is 95.4 Å². The summed E-state index contributed by atoms with van der Waals surface area (Å²) < 4.78 is 234. The van der Waals surface area contributed by atoms with Crippen molar-refractivity contribution in [3.05, 3.63) is 91.0 Å². The Morgan fingerprint density at radius 1 is 0.533 bits per heavy atom. The lowest BCUT2D eigenvalue weighted by Gasteiger charge is -2.14. The molecule has 6 aromatic rings. The molecule has 0 aliphatic carbocycles. The van der Waals surface area contributed by atoms with Crippen molar-refractivity contribution in [3.63, 3.8) is 0 Å². The molecule has 402 valence electrons.